The lowest BCUT2D eigenvalue weighted by molar-refractivity contribution is -0.390. The number of nitrogens with one attached hydrogen (secondary N) is 1. The highest BCUT2D eigenvalue weighted by molar-refractivity contribution is 5.86. The molecule has 1 fully saturated rings. The van der Waals surface area contributed by atoms with Crippen molar-refractivity contribution in [1.82, 2.24) is 10.2 Å². The standard InChI is InChI=1S/C7H7N3O4/c11-6(12)7(1-2-7)4-3-8-9-5(4)10(13)14/h3H,1-2H2,(H,8,9)(H,11,12). The molecular formula is C7H7N3O4. The maximum atomic E-state index is 10.9. The summed E-state index contributed by atoms with van der Waals surface area (Å²) in [7, 11) is 0. The largest absolute Gasteiger partial charge is 0.481 e. The highest BCUT2D eigenvalue weighted by atomic mass is 16.6. The zero-order valence-electron chi connectivity index (χ0n) is 7.06. The average Bonchev–Trinajstić information content (AvgIpc) is 2.77. The van der Waals surface area contributed by atoms with Crippen molar-refractivity contribution in [3.8, 4) is 0 Å². The first kappa shape index (κ1) is 8.67. The molecule has 2 N–H and O–H groups in total. The summed E-state index contributed by atoms with van der Waals surface area (Å²) in [6.07, 6.45) is 2.09. The number of aromatic nitrogens is 2. The van der Waals surface area contributed by atoms with Gasteiger partial charge in [-0.1, -0.05) is 5.10 Å². The van der Waals surface area contributed by atoms with Gasteiger partial charge in [0.25, 0.3) is 0 Å². The van der Waals surface area contributed by atoms with E-state index in [2.05, 4.69) is 10.2 Å². The number of rotatable bonds is 3. The SMILES string of the molecule is O=C(O)C1(c2cn[nH]c2[N+](=O)[O-])CC1. The molecule has 1 saturated carbocycles. The molecule has 1 aromatic rings. The molecule has 1 aromatic heterocycles. The van der Waals surface area contributed by atoms with Crippen molar-refractivity contribution in [1.29, 1.82) is 0 Å². The van der Waals surface area contributed by atoms with Gasteiger partial charge >= 0.3 is 11.8 Å². The minimum absolute atomic E-state index is 0.176. The van der Waals surface area contributed by atoms with Crippen LogP contribution in [0.4, 0.5) is 5.82 Å². The summed E-state index contributed by atoms with van der Waals surface area (Å²) in [5.41, 5.74) is -0.898. The number of aromatic amines is 1. The molecule has 0 saturated heterocycles. The van der Waals surface area contributed by atoms with Gasteiger partial charge in [0, 0.05) is 0 Å². The minimum Gasteiger partial charge on any atom is -0.481 e. The van der Waals surface area contributed by atoms with Crippen molar-refractivity contribution in [2.75, 3.05) is 0 Å². The quantitative estimate of drug-likeness (QED) is 0.539. The lowest BCUT2D eigenvalue weighted by Crippen LogP contribution is -2.20. The molecule has 1 aliphatic carbocycles. The van der Waals surface area contributed by atoms with Gasteiger partial charge in [-0.05, 0) is 17.8 Å². The first-order valence-electron chi connectivity index (χ1n) is 3.99. The molecule has 0 aromatic carbocycles. The molecule has 0 radical (unpaired) electrons. The van der Waals surface area contributed by atoms with Crippen molar-refractivity contribution >= 4 is 11.8 Å². The molecule has 0 unspecified atom stereocenters. The topological polar surface area (TPSA) is 109 Å². The van der Waals surface area contributed by atoms with Crippen LogP contribution in [-0.4, -0.2) is 26.2 Å². The predicted molar refractivity (Wildman–Crippen MR) is 43.8 cm³/mol. The molecule has 0 amide bonds. The Morgan fingerprint density at radius 2 is 2.36 bits per heavy atom. The Bertz CT molecular complexity index is 407. The Morgan fingerprint density at radius 3 is 2.79 bits per heavy atom. The number of hydrogen-bond acceptors (Lipinski definition) is 4. The first-order valence-corrected chi connectivity index (χ1v) is 3.99. The highest BCUT2D eigenvalue weighted by Crippen LogP contribution is 2.50. The second-order valence-corrected chi connectivity index (χ2v) is 3.28. The van der Waals surface area contributed by atoms with E-state index in [0.717, 1.165) is 0 Å². The van der Waals surface area contributed by atoms with Crippen LogP contribution in [0, 0.1) is 10.1 Å². The van der Waals surface area contributed by atoms with Crippen LogP contribution in [-0.2, 0) is 10.2 Å². The Hall–Kier alpha value is -1.92. The van der Waals surface area contributed by atoms with Crippen LogP contribution in [0.2, 0.25) is 0 Å². The third kappa shape index (κ3) is 0.983. The average molecular weight is 197 g/mol. The lowest BCUT2D eigenvalue weighted by Gasteiger charge is -2.05. The summed E-state index contributed by atoms with van der Waals surface area (Å²) in [5, 5.41) is 25.1. The van der Waals surface area contributed by atoms with Crippen LogP contribution in [0.3, 0.4) is 0 Å². The fourth-order valence-corrected chi connectivity index (χ4v) is 1.49. The normalized spacial score (nSPS) is 17.7. The van der Waals surface area contributed by atoms with E-state index in [9.17, 15) is 14.9 Å². The zero-order valence-corrected chi connectivity index (χ0v) is 7.06. The first-order chi connectivity index (χ1) is 6.58. The molecule has 1 heterocycles. The Kier molecular flexibility index (Phi) is 1.57. The van der Waals surface area contributed by atoms with Crippen LogP contribution < -0.4 is 0 Å². The molecule has 0 spiro atoms. The Morgan fingerprint density at radius 1 is 1.71 bits per heavy atom. The van der Waals surface area contributed by atoms with Crippen molar-refractivity contribution < 1.29 is 14.8 Å². The summed E-state index contributed by atoms with van der Waals surface area (Å²) in [6, 6.07) is 0. The van der Waals surface area contributed by atoms with Gasteiger partial charge in [0.1, 0.15) is 5.41 Å². The van der Waals surface area contributed by atoms with Crippen molar-refractivity contribution in [3.05, 3.63) is 21.9 Å². The van der Waals surface area contributed by atoms with Gasteiger partial charge in [-0.15, -0.1) is 5.10 Å². The molecule has 7 heteroatoms. The summed E-state index contributed by atoms with van der Waals surface area (Å²) in [4.78, 5) is 20.8. The van der Waals surface area contributed by atoms with E-state index in [1.807, 2.05) is 0 Å². The minimum atomic E-state index is -1.07. The van der Waals surface area contributed by atoms with E-state index in [0.29, 0.717) is 12.8 Å². The highest BCUT2D eigenvalue weighted by Gasteiger charge is 2.55. The smallest absolute Gasteiger partial charge is 0.346 e. The number of carboxylic acid groups (broad SMARTS) is 1. The van der Waals surface area contributed by atoms with Gasteiger partial charge in [0.2, 0.25) is 0 Å². The number of aliphatic carboxylic acids is 1. The molecular weight excluding hydrogens is 190 g/mol. The van der Waals surface area contributed by atoms with Gasteiger partial charge in [-0.25, -0.2) is 0 Å². The van der Waals surface area contributed by atoms with Gasteiger partial charge < -0.3 is 15.2 Å². The van der Waals surface area contributed by atoms with E-state index < -0.39 is 16.3 Å². The van der Waals surface area contributed by atoms with Gasteiger partial charge in [-0.2, -0.15) is 0 Å². The molecule has 74 valence electrons. The third-order valence-electron chi connectivity index (χ3n) is 2.48. The summed E-state index contributed by atoms with van der Waals surface area (Å²) in [5.74, 6) is -1.34. The van der Waals surface area contributed by atoms with Crippen LogP contribution >= 0.6 is 0 Å². The number of nitrogens with zero attached hydrogens (tertiary/aromatic N) is 2. The maximum absolute atomic E-state index is 10.9. The second-order valence-electron chi connectivity index (χ2n) is 3.28. The van der Waals surface area contributed by atoms with E-state index in [4.69, 9.17) is 5.11 Å². The summed E-state index contributed by atoms with van der Waals surface area (Å²) < 4.78 is 0. The molecule has 0 aliphatic heterocycles. The Labute approximate surface area is 77.9 Å². The molecule has 7 nitrogen and oxygen atoms in total. The zero-order chi connectivity index (χ0) is 10.3. The van der Waals surface area contributed by atoms with E-state index in [1.54, 1.807) is 0 Å². The van der Waals surface area contributed by atoms with Gasteiger partial charge in [-0.3, -0.25) is 4.79 Å². The Balaban J connectivity index is 2.47. The van der Waals surface area contributed by atoms with Crippen LogP contribution in [0.5, 0.6) is 0 Å². The predicted octanol–water partition coefficient (Wildman–Crippen LogP) is 0.434. The number of H-pyrrole nitrogens is 1. The van der Waals surface area contributed by atoms with E-state index >= 15 is 0 Å². The second kappa shape index (κ2) is 2.53. The third-order valence-corrected chi connectivity index (χ3v) is 2.48. The summed E-state index contributed by atoms with van der Waals surface area (Å²) >= 11 is 0. The van der Waals surface area contributed by atoms with Crippen molar-refractivity contribution in [2.45, 2.75) is 18.3 Å². The van der Waals surface area contributed by atoms with Gasteiger partial charge in [0.15, 0.2) is 0 Å². The fourth-order valence-electron chi connectivity index (χ4n) is 1.49. The maximum Gasteiger partial charge on any atom is 0.346 e. The van der Waals surface area contributed by atoms with Crippen LogP contribution in [0.25, 0.3) is 0 Å². The van der Waals surface area contributed by atoms with E-state index in [1.165, 1.54) is 6.20 Å². The number of carboxylic acids is 1. The fraction of sp³-hybridized carbons (Fsp3) is 0.429. The van der Waals surface area contributed by atoms with Crippen molar-refractivity contribution in [2.24, 2.45) is 0 Å². The lowest BCUT2D eigenvalue weighted by atomic mass is 9.99. The van der Waals surface area contributed by atoms with E-state index in [-0.39, 0.29) is 11.4 Å². The monoisotopic (exact) mass is 197 g/mol. The van der Waals surface area contributed by atoms with Crippen LogP contribution in [0.15, 0.2) is 6.20 Å². The number of nitro groups is 1. The number of carbonyl (C=O) groups is 1. The van der Waals surface area contributed by atoms with Gasteiger partial charge in [0.05, 0.1) is 11.8 Å². The molecule has 0 bridgehead atoms. The number of hydrogen-bond donors (Lipinski definition) is 2. The molecule has 0 atom stereocenters. The van der Waals surface area contributed by atoms with Crippen molar-refractivity contribution in [3.63, 3.8) is 0 Å². The van der Waals surface area contributed by atoms with Crippen LogP contribution in [0.1, 0.15) is 18.4 Å². The molecule has 2 rings (SSSR count). The summed E-state index contributed by atoms with van der Waals surface area (Å²) in [6.45, 7) is 0. The molecule has 14 heavy (non-hydrogen) atoms. The molecule has 1 aliphatic rings.